The summed E-state index contributed by atoms with van der Waals surface area (Å²) >= 11 is 0. The lowest BCUT2D eigenvalue weighted by Gasteiger charge is -2.23. The lowest BCUT2D eigenvalue weighted by atomic mass is 10.1. The van der Waals surface area contributed by atoms with Crippen molar-refractivity contribution < 1.29 is 14.0 Å². The molecule has 2 amide bonds. The molecule has 1 aliphatic rings. The van der Waals surface area contributed by atoms with Crippen molar-refractivity contribution in [1.82, 2.24) is 20.3 Å². The van der Waals surface area contributed by atoms with Gasteiger partial charge in [0.15, 0.2) is 5.69 Å². The van der Waals surface area contributed by atoms with Gasteiger partial charge in [0.2, 0.25) is 0 Å². The Bertz CT molecular complexity index is 1010. The third kappa shape index (κ3) is 4.69. The van der Waals surface area contributed by atoms with Crippen LogP contribution in [-0.4, -0.2) is 39.9 Å². The van der Waals surface area contributed by atoms with Crippen molar-refractivity contribution in [2.24, 2.45) is 0 Å². The van der Waals surface area contributed by atoms with E-state index < -0.39 is 0 Å². The van der Waals surface area contributed by atoms with E-state index in [1.54, 1.807) is 30.3 Å². The first kappa shape index (κ1) is 21.5. The molecule has 0 radical (unpaired) electrons. The molecule has 3 aromatic rings. The molecule has 158 valence electrons. The highest BCUT2D eigenvalue weighted by Gasteiger charge is 2.23. The monoisotopic (exact) mass is 430 g/mol. The molecule has 1 fully saturated rings. The zero-order valence-electron chi connectivity index (χ0n) is 16.4. The van der Waals surface area contributed by atoms with E-state index in [4.69, 9.17) is 4.42 Å². The average molecular weight is 431 g/mol. The Morgan fingerprint density at radius 1 is 1.13 bits per heavy atom. The Labute approximate surface area is 179 Å². The second kappa shape index (κ2) is 9.55. The Balaban J connectivity index is 0.00000256. The van der Waals surface area contributed by atoms with E-state index >= 15 is 0 Å². The van der Waals surface area contributed by atoms with E-state index in [2.05, 4.69) is 26.3 Å². The number of anilines is 2. The molecule has 1 saturated heterocycles. The van der Waals surface area contributed by atoms with Crippen LogP contribution in [-0.2, 0) is 0 Å². The van der Waals surface area contributed by atoms with Crippen LogP contribution in [0.3, 0.4) is 0 Å². The van der Waals surface area contributed by atoms with Crippen molar-refractivity contribution >= 4 is 35.6 Å². The molecule has 9 nitrogen and oxygen atoms in total. The molecule has 30 heavy (non-hydrogen) atoms. The molecular formula is C20H23ClN6O3. The summed E-state index contributed by atoms with van der Waals surface area (Å²) in [5.74, 6) is -0.621. The zero-order valence-corrected chi connectivity index (χ0v) is 17.2. The fourth-order valence-electron chi connectivity index (χ4n) is 3.41. The molecule has 0 bridgehead atoms. The lowest BCUT2D eigenvalue weighted by Crippen LogP contribution is -2.30. The summed E-state index contributed by atoms with van der Waals surface area (Å²) in [6, 6.07) is 8.76. The second-order valence-electron chi connectivity index (χ2n) is 6.95. The fourth-order valence-corrected chi connectivity index (χ4v) is 3.41. The molecule has 0 unspecified atom stereocenters. The number of hydrogen-bond donors (Lipinski definition) is 3. The van der Waals surface area contributed by atoms with Gasteiger partial charge in [-0.1, -0.05) is 11.3 Å². The van der Waals surface area contributed by atoms with Crippen LogP contribution >= 0.6 is 12.4 Å². The molecule has 4 rings (SSSR count). The molecule has 0 spiro atoms. The largest absolute Gasteiger partial charge is 0.472 e. The van der Waals surface area contributed by atoms with Gasteiger partial charge in [-0.05, 0) is 57.1 Å². The summed E-state index contributed by atoms with van der Waals surface area (Å²) in [7, 11) is 0. The van der Waals surface area contributed by atoms with E-state index in [0.717, 1.165) is 31.6 Å². The van der Waals surface area contributed by atoms with Crippen LogP contribution in [0.2, 0.25) is 0 Å². The molecule has 0 saturated carbocycles. The van der Waals surface area contributed by atoms with Crippen molar-refractivity contribution in [3.63, 3.8) is 0 Å². The summed E-state index contributed by atoms with van der Waals surface area (Å²) in [6.45, 7) is 3.73. The van der Waals surface area contributed by atoms with Crippen molar-refractivity contribution in [3.8, 4) is 0 Å². The predicted molar refractivity (Wildman–Crippen MR) is 114 cm³/mol. The molecular weight excluding hydrogens is 408 g/mol. The first-order valence-electron chi connectivity index (χ1n) is 9.49. The zero-order chi connectivity index (χ0) is 20.2. The van der Waals surface area contributed by atoms with Crippen LogP contribution in [0.25, 0.3) is 0 Å². The Hall–Kier alpha value is -3.17. The molecule has 3 N–H and O–H groups in total. The highest BCUT2D eigenvalue weighted by atomic mass is 35.5. The summed E-state index contributed by atoms with van der Waals surface area (Å²) in [5.41, 5.74) is 2.58. The average Bonchev–Trinajstić information content (AvgIpc) is 3.39. The minimum Gasteiger partial charge on any atom is -0.472 e. The maximum absolute atomic E-state index is 12.7. The number of amides is 2. The first-order valence-corrected chi connectivity index (χ1v) is 9.49. The minimum absolute atomic E-state index is 0. The number of rotatable bonds is 5. The van der Waals surface area contributed by atoms with Gasteiger partial charge in [-0.2, -0.15) is 0 Å². The van der Waals surface area contributed by atoms with Gasteiger partial charge in [-0.25, -0.2) is 4.68 Å². The lowest BCUT2D eigenvalue weighted by molar-refractivity contribution is 0.101. The van der Waals surface area contributed by atoms with E-state index in [-0.39, 0.29) is 30.3 Å². The summed E-state index contributed by atoms with van der Waals surface area (Å²) < 4.78 is 6.76. The smallest absolute Gasteiger partial charge is 0.278 e. The van der Waals surface area contributed by atoms with Crippen LogP contribution in [0, 0.1) is 6.92 Å². The number of carbonyl (C=O) groups is 2. The number of aromatic nitrogens is 3. The van der Waals surface area contributed by atoms with Gasteiger partial charge in [0, 0.05) is 11.4 Å². The highest BCUT2D eigenvalue weighted by Crippen LogP contribution is 2.21. The SMILES string of the molecule is Cc1c(C(=O)Nc2cccc(NC(=O)c3ccoc3)c2)nnn1C1CCNCC1.Cl. The Morgan fingerprint density at radius 3 is 2.50 bits per heavy atom. The van der Waals surface area contributed by atoms with Crippen molar-refractivity contribution in [2.45, 2.75) is 25.8 Å². The number of hydrogen-bond acceptors (Lipinski definition) is 6. The fraction of sp³-hybridized carbons (Fsp3) is 0.300. The summed E-state index contributed by atoms with van der Waals surface area (Å²) in [6.07, 6.45) is 4.73. The summed E-state index contributed by atoms with van der Waals surface area (Å²) in [4.78, 5) is 24.9. The van der Waals surface area contributed by atoms with Gasteiger partial charge in [0.25, 0.3) is 11.8 Å². The van der Waals surface area contributed by atoms with Crippen molar-refractivity contribution in [1.29, 1.82) is 0 Å². The van der Waals surface area contributed by atoms with E-state index in [9.17, 15) is 9.59 Å². The number of piperidine rings is 1. The summed E-state index contributed by atoms with van der Waals surface area (Å²) in [5, 5.41) is 17.2. The van der Waals surface area contributed by atoms with Crippen LogP contribution < -0.4 is 16.0 Å². The molecule has 1 aliphatic heterocycles. The first-order chi connectivity index (χ1) is 14.1. The number of halogens is 1. The number of carbonyl (C=O) groups excluding carboxylic acids is 2. The van der Waals surface area contributed by atoms with Crippen LogP contribution in [0.5, 0.6) is 0 Å². The molecule has 1 aromatic carbocycles. The predicted octanol–water partition coefficient (Wildman–Crippen LogP) is 3.03. The van der Waals surface area contributed by atoms with Gasteiger partial charge < -0.3 is 20.4 Å². The second-order valence-corrected chi connectivity index (χ2v) is 6.95. The standard InChI is InChI=1S/C20H22N6O3.ClH/c1-13-18(24-25-26(13)17-5-8-21-9-6-17)20(28)23-16-4-2-3-15(11-16)22-19(27)14-7-10-29-12-14;/h2-4,7,10-12,17,21H,5-6,8-9H2,1H3,(H,22,27)(H,23,28);1H. The number of nitrogens with one attached hydrogen (secondary N) is 3. The van der Waals surface area contributed by atoms with Crippen LogP contribution in [0.1, 0.15) is 45.4 Å². The Morgan fingerprint density at radius 2 is 1.83 bits per heavy atom. The van der Waals surface area contributed by atoms with E-state index in [1.807, 2.05) is 11.6 Å². The quantitative estimate of drug-likeness (QED) is 0.573. The van der Waals surface area contributed by atoms with Crippen molar-refractivity contribution in [2.75, 3.05) is 23.7 Å². The topological polar surface area (TPSA) is 114 Å². The minimum atomic E-state index is -0.332. The van der Waals surface area contributed by atoms with E-state index in [0.29, 0.717) is 22.6 Å². The number of nitrogens with zero attached hydrogens (tertiary/aromatic N) is 3. The maximum atomic E-state index is 12.7. The van der Waals surface area contributed by atoms with Crippen LogP contribution in [0.15, 0.2) is 47.3 Å². The van der Waals surface area contributed by atoms with Gasteiger partial charge in [0.1, 0.15) is 6.26 Å². The molecule has 3 heterocycles. The van der Waals surface area contributed by atoms with E-state index in [1.165, 1.54) is 12.5 Å². The normalized spacial score (nSPS) is 14.0. The number of furan rings is 1. The van der Waals surface area contributed by atoms with Crippen LogP contribution in [0.4, 0.5) is 11.4 Å². The maximum Gasteiger partial charge on any atom is 0.278 e. The third-order valence-electron chi connectivity index (χ3n) is 4.96. The Kier molecular flexibility index (Phi) is 6.86. The third-order valence-corrected chi connectivity index (χ3v) is 4.96. The van der Waals surface area contributed by atoms with Gasteiger partial charge >= 0.3 is 0 Å². The molecule has 2 aromatic heterocycles. The van der Waals surface area contributed by atoms with Gasteiger partial charge in [-0.15, -0.1) is 17.5 Å². The molecule has 0 aliphatic carbocycles. The number of benzene rings is 1. The van der Waals surface area contributed by atoms with Gasteiger partial charge in [-0.3, -0.25) is 9.59 Å². The molecule has 10 heteroatoms. The molecule has 0 atom stereocenters. The van der Waals surface area contributed by atoms with Crippen molar-refractivity contribution in [3.05, 3.63) is 59.8 Å². The highest BCUT2D eigenvalue weighted by molar-refractivity contribution is 6.06. The van der Waals surface area contributed by atoms with Gasteiger partial charge in [0.05, 0.1) is 23.6 Å².